The summed E-state index contributed by atoms with van der Waals surface area (Å²) < 4.78 is 17.5. The first-order valence-corrected chi connectivity index (χ1v) is 6.82. The number of carbonyl (C=O) groups excluding carboxylic acids is 2. The van der Waals surface area contributed by atoms with E-state index in [1.807, 2.05) is 0 Å². The molecular weight excluding hydrogens is 277 g/mol. The van der Waals surface area contributed by atoms with Gasteiger partial charge in [0.15, 0.2) is 0 Å². The minimum Gasteiger partial charge on any atom is -0.449 e. The minimum absolute atomic E-state index is 0.133. The minimum atomic E-state index is -0.758. The molecule has 0 aliphatic carbocycles. The molecule has 1 unspecified atom stereocenters. The maximum atomic E-state index is 12.8. The first-order valence-electron chi connectivity index (χ1n) is 6.82. The van der Waals surface area contributed by atoms with Crippen molar-refractivity contribution in [3.63, 3.8) is 0 Å². The van der Waals surface area contributed by atoms with Crippen molar-refractivity contribution < 1.29 is 23.8 Å². The van der Waals surface area contributed by atoms with Gasteiger partial charge in [0.25, 0.3) is 0 Å². The first kappa shape index (κ1) is 17.1. The Morgan fingerprint density at radius 3 is 2.52 bits per heavy atom. The molecule has 0 aliphatic heterocycles. The summed E-state index contributed by atoms with van der Waals surface area (Å²) >= 11 is 0. The van der Waals surface area contributed by atoms with Gasteiger partial charge in [0.2, 0.25) is 5.91 Å². The highest BCUT2D eigenvalue weighted by Crippen LogP contribution is 2.19. The van der Waals surface area contributed by atoms with Crippen LogP contribution in [-0.4, -0.2) is 35.7 Å². The van der Waals surface area contributed by atoms with E-state index >= 15 is 0 Å². The lowest BCUT2D eigenvalue weighted by atomic mass is 10.0. The first-order chi connectivity index (χ1) is 9.95. The molecule has 0 saturated heterocycles. The largest absolute Gasteiger partial charge is 0.449 e. The molecule has 116 valence electrons. The molecule has 1 aromatic rings. The van der Waals surface area contributed by atoms with Crippen molar-refractivity contribution >= 4 is 12.0 Å². The molecule has 1 aromatic carbocycles. The standard InChI is InChI=1S/C15H20FNO4/c1-3-21-15(20)17(2)14(19)6-4-5-13(18)11-7-9-12(16)10-8-11/h7-10,13,18H,3-6H2,1-2H3. The fourth-order valence-electron chi connectivity index (χ4n) is 1.79. The van der Waals surface area contributed by atoms with Gasteiger partial charge in [-0.05, 0) is 37.5 Å². The van der Waals surface area contributed by atoms with Crippen LogP contribution >= 0.6 is 0 Å². The topological polar surface area (TPSA) is 66.8 Å². The van der Waals surface area contributed by atoms with E-state index in [2.05, 4.69) is 0 Å². The summed E-state index contributed by atoms with van der Waals surface area (Å²) in [6.45, 7) is 1.87. The zero-order valence-electron chi connectivity index (χ0n) is 12.2. The van der Waals surface area contributed by atoms with Gasteiger partial charge in [0.05, 0.1) is 12.7 Å². The van der Waals surface area contributed by atoms with Gasteiger partial charge in [0.1, 0.15) is 5.82 Å². The number of rotatable bonds is 6. The second kappa shape index (κ2) is 8.36. The van der Waals surface area contributed by atoms with E-state index in [0.29, 0.717) is 18.4 Å². The number of hydrogen-bond acceptors (Lipinski definition) is 4. The van der Waals surface area contributed by atoms with Gasteiger partial charge in [0, 0.05) is 13.5 Å². The van der Waals surface area contributed by atoms with Crippen LogP contribution in [0.4, 0.5) is 9.18 Å². The maximum absolute atomic E-state index is 12.8. The summed E-state index contributed by atoms with van der Waals surface area (Å²) in [6.07, 6.45) is -0.532. The predicted octanol–water partition coefficient (Wildman–Crippen LogP) is 2.64. The number of nitrogens with zero attached hydrogens (tertiary/aromatic N) is 1. The van der Waals surface area contributed by atoms with Gasteiger partial charge in [-0.3, -0.25) is 9.69 Å². The van der Waals surface area contributed by atoms with E-state index in [1.165, 1.54) is 31.3 Å². The fourth-order valence-corrected chi connectivity index (χ4v) is 1.79. The summed E-state index contributed by atoms with van der Waals surface area (Å²) in [4.78, 5) is 24.0. The van der Waals surface area contributed by atoms with Crippen molar-refractivity contribution in [2.24, 2.45) is 0 Å². The van der Waals surface area contributed by atoms with Gasteiger partial charge >= 0.3 is 6.09 Å². The van der Waals surface area contributed by atoms with E-state index in [1.54, 1.807) is 6.92 Å². The van der Waals surface area contributed by atoms with Crippen molar-refractivity contribution in [2.45, 2.75) is 32.3 Å². The molecule has 5 nitrogen and oxygen atoms in total. The molecule has 6 heteroatoms. The quantitative estimate of drug-likeness (QED) is 0.876. The molecule has 0 heterocycles. The summed E-state index contributed by atoms with van der Waals surface area (Å²) in [5.74, 6) is -0.725. The smallest absolute Gasteiger partial charge is 0.416 e. The summed E-state index contributed by atoms with van der Waals surface area (Å²) in [6, 6.07) is 5.57. The van der Waals surface area contributed by atoms with E-state index < -0.39 is 12.2 Å². The van der Waals surface area contributed by atoms with Crippen LogP contribution in [0.25, 0.3) is 0 Å². The highest BCUT2D eigenvalue weighted by atomic mass is 19.1. The normalized spacial score (nSPS) is 11.8. The summed E-state index contributed by atoms with van der Waals surface area (Å²) in [7, 11) is 1.36. The van der Waals surface area contributed by atoms with Crippen molar-refractivity contribution in [3.8, 4) is 0 Å². The van der Waals surface area contributed by atoms with E-state index in [0.717, 1.165) is 4.90 Å². The number of carbonyl (C=O) groups is 2. The maximum Gasteiger partial charge on any atom is 0.416 e. The molecule has 21 heavy (non-hydrogen) atoms. The average Bonchev–Trinajstić information content (AvgIpc) is 2.47. The van der Waals surface area contributed by atoms with Crippen molar-refractivity contribution in [3.05, 3.63) is 35.6 Å². The Bertz CT molecular complexity index is 475. The molecule has 1 rings (SSSR count). The number of ether oxygens (including phenoxy) is 1. The molecule has 0 radical (unpaired) electrons. The van der Waals surface area contributed by atoms with E-state index in [-0.39, 0.29) is 24.8 Å². The fraction of sp³-hybridized carbons (Fsp3) is 0.467. The Balaban J connectivity index is 2.37. The Labute approximate surface area is 123 Å². The SMILES string of the molecule is CCOC(=O)N(C)C(=O)CCCC(O)c1ccc(F)cc1. The lowest BCUT2D eigenvalue weighted by molar-refractivity contribution is -0.128. The number of benzene rings is 1. The molecule has 1 N–H and O–H groups in total. The van der Waals surface area contributed by atoms with Crippen LogP contribution in [0.5, 0.6) is 0 Å². The van der Waals surface area contributed by atoms with Crippen LogP contribution in [0.1, 0.15) is 37.9 Å². The number of aliphatic hydroxyl groups excluding tert-OH is 1. The average molecular weight is 297 g/mol. The molecule has 0 aliphatic rings. The Kier molecular flexibility index (Phi) is 6.81. The summed E-state index contributed by atoms with van der Waals surface area (Å²) in [5, 5.41) is 9.92. The van der Waals surface area contributed by atoms with Crippen LogP contribution in [0.15, 0.2) is 24.3 Å². The van der Waals surface area contributed by atoms with Crippen LogP contribution < -0.4 is 0 Å². The molecule has 2 amide bonds. The van der Waals surface area contributed by atoms with E-state index in [4.69, 9.17) is 4.74 Å². The zero-order valence-corrected chi connectivity index (χ0v) is 12.2. The Hall–Kier alpha value is -1.95. The lowest BCUT2D eigenvalue weighted by Gasteiger charge is -2.15. The zero-order chi connectivity index (χ0) is 15.8. The lowest BCUT2D eigenvalue weighted by Crippen LogP contribution is -2.33. The number of hydrogen-bond donors (Lipinski definition) is 1. The molecular formula is C15H20FNO4. The van der Waals surface area contributed by atoms with Crippen molar-refractivity contribution in [1.82, 2.24) is 4.90 Å². The highest BCUT2D eigenvalue weighted by Gasteiger charge is 2.18. The molecule has 0 bridgehead atoms. The molecule has 1 atom stereocenters. The van der Waals surface area contributed by atoms with Gasteiger partial charge in [-0.2, -0.15) is 0 Å². The van der Waals surface area contributed by atoms with Crippen LogP contribution in [0.3, 0.4) is 0 Å². The molecule has 0 aromatic heterocycles. The highest BCUT2D eigenvalue weighted by molar-refractivity contribution is 5.91. The van der Waals surface area contributed by atoms with E-state index in [9.17, 15) is 19.1 Å². The van der Waals surface area contributed by atoms with Crippen LogP contribution in [0, 0.1) is 5.82 Å². The monoisotopic (exact) mass is 297 g/mol. The van der Waals surface area contributed by atoms with Crippen LogP contribution in [0.2, 0.25) is 0 Å². The van der Waals surface area contributed by atoms with Crippen molar-refractivity contribution in [1.29, 1.82) is 0 Å². The Morgan fingerprint density at radius 1 is 1.33 bits per heavy atom. The van der Waals surface area contributed by atoms with Gasteiger partial charge in [-0.1, -0.05) is 12.1 Å². The summed E-state index contributed by atoms with van der Waals surface area (Å²) in [5.41, 5.74) is 0.600. The second-order valence-corrected chi connectivity index (χ2v) is 4.61. The van der Waals surface area contributed by atoms with Crippen LogP contribution in [-0.2, 0) is 9.53 Å². The number of imide groups is 1. The third kappa shape index (κ3) is 5.51. The van der Waals surface area contributed by atoms with Crippen molar-refractivity contribution in [2.75, 3.05) is 13.7 Å². The third-order valence-electron chi connectivity index (χ3n) is 3.04. The molecule has 0 fully saturated rings. The molecule has 0 spiro atoms. The Morgan fingerprint density at radius 2 is 1.95 bits per heavy atom. The number of aliphatic hydroxyl groups is 1. The third-order valence-corrected chi connectivity index (χ3v) is 3.04. The number of amides is 2. The second-order valence-electron chi connectivity index (χ2n) is 4.61. The van der Waals surface area contributed by atoms with Gasteiger partial charge in [-0.15, -0.1) is 0 Å². The molecule has 0 saturated carbocycles. The van der Waals surface area contributed by atoms with Gasteiger partial charge in [-0.25, -0.2) is 9.18 Å². The predicted molar refractivity (Wildman–Crippen MR) is 75.0 cm³/mol. The van der Waals surface area contributed by atoms with Gasteiger partial charge < -0.3 is 9.84 Å². The number of halogens is 1.